The summed E-state index contributed by atoms with van der Waals surface area (Å²) in [5.41, 5.74) is 2.29. The van der Waals surface area contributed by atoms with Crippen molar-refractivity contribution in [2.45, 2.75) is 32.7 Å². The zero-order valence-corrected chi connectivity index (χ0v) is 14.4. The number of morpholine rings is 1. The van der Waals surface area contributed by atoms with Crippen LogP contribution in [0, 0.1) is 0 Å². The van der Waals surface area contributed by atoms with Gasteiger partial charge in [0.05, 0.1) is 25.5 Å². The van der Waals surface area contributed by atoms with E-state index in [-0.39, 0.29) is 11.3 Å². The quantitative estimate of drug-likeness (QED) is 0.833. The second-order valence-corrected chi connectivity index (χ2v) is 7.09. The zero-order valence-electron chi connectivity index (χ0n) is 14.4. The number of ether oxygens (including phenoxy) is 1. The lowest BCUT2D eigenvalue weighted by molar-refractivity contribution is -0.136. The van der Waals surface area contributed by atoms with E-state index in [0.717, 1.165) is 12.2 Å². The van der Waals surface area contributed by atoms with Crippen molar-refractivity contribution in [1.29, 1.82) is 0 Å². The smallest absolute Gasteiger partial charge is 0.236 e. The molecular formula is C16H28N4O2. The second-order valence-electron chi connectivity index (χ2n) is 7.09. The molecule has 22 heavy (non-hydrogen) atoms. The number of nitrogens with zero attached hydrogens (tertiary/aromatic N) is 4. The number of hydrogen-bond donors (Lipinski definition) is 0. The molecule has 0 N–H and O–H groups in total. The van der Waals surface area contributed by atoms with Crippen LogP contribution < -0.4 is 0 Å². The summed E-state index contributed by atoms with van der Waals surface area (Å²) in [6.07, 6.45) is 2.05. The predicted molar refractivity (Wildman–Crippen MR) is 85.6 cm³/mol. The maximum atomic E-state index is 12.3. The Kier molecular flexibility index (Phi) is 5.24. The topological polar surface area (TPSA) is 50.6 Å². The maximum absolute atomic E-state index is 12.3. The van der Waals surface area contributed by atoms with Gasteiger partial charge in [0, 0.05) is 43.9 Å². The molecule has 0 spiro atoms. The van der Waals surface area contributed by atoms with Gasteiger partial charge in [-0.2, -0.15) is 5.10 Å². The van der Waals surface area contributed by atoms with E-state index in [0.29, 0.717) is 32.8 Å². The van der Waals surface area contributed by atoms with Crippen LogP contribution in [0.1, 0.15) is 32.0 Å². The highest BCUT2D eigenvalue weighted by molar-refractivity contribution is 5.78. The van der Waals surface area contributed by atoms with Gasteiger partial charge < -0.3 is 9.64 Å². The van der Waals surface area contributed by atoms with Crippen molar-refractivity contribution in [3.05, 3.63) is 17.5 Å². The van der Waals surface area contributed by atoms with E-state index in [1.54, 1.807) is 0 Å². The average molecular weight is 308 g/mol. The number of rotatable bonds is 4. The monoisotopic (exact) mass is 308 g/mol. The summed E-state index contributed by atoms with van der Waals surface area (Å²) >= 11 is 0. The second kappa shape index (κ2) is 6.79. The van der Waals surface area contributed by atoms with Gasteiger partial charge in [-0.1, -0.05) is 20.8 Å². The molecule has 0 saturated carbocycles. The Hall–Kier alpha value is -1.40. The normalized spacial score (nSPS) is 16.4. The molecule has 0 aromatic carbocycles. The maximum Gasteiger partial charge on any atom is 0.236 e. The number of likely N-dealkylation sites (N-methyl/N-ethyl adjacent to an activating group) is 1. The standard InChI is InChI=1S/C16H28N4O2/c1-16(2,3)15-13(11-19(5)17-15)10-18(4)12-14(21)20-6-8-22-9-7-20/h11H,6-10,12H2,1-5H3. The molecule has 2 heterocycles. The van der Waals surface area contributed by atoms with Gasteiger partial charge in [0.2, 0.25) is 5.91 Å². The number of carbonyl (C=O) groups excluding carboxylic acids is 1. The number of aryl methyl sites for hydroxylation is 1. The van der Waals surface area contributed by atoms with Crippen LogP contribution in [0.15, 0.2) is 6.20 Å². The summed E-state index contributed by atoms with van der Waals surface area (Å²) in [7, 11) is 3.93. The fraction of sp³-hybridized carbons (Fsp3) is 0.750. The van der Waals surface area contributed by atoms with E-state index in [1.807, 2.05) is 23.7 Å². The molecule has 2 rings (SSSR count). The van der Waals surface area contributed by atoms with Crippen molar-refractivity contribution >= 4 is 5.91 Å². The molecule has 124 valence electrons. The highest BCUT2D eigenvalue weighted by Gasteiger charge is 2.24. The Labute approximate surface area is 133 Å². The predicted octanol–water partition coefficient (Wildman–Crippen LogP) is 1.01. The van der Waals surface area contributed by atoms with Gasteiger partial charge in [0.15, 0.2) is 0 Å². The molecule has 1 fully saturated rings. The van der Waals surface area contributed by atoms with Gasteiger partial charge in [-0.15, -0.1) is 0 Å². The van der Waals surface area contributed by atoms with Gasteiger partial charge >= 0.3 is 0 Å². The fourth-order valence-corrected chi connectivity index (χ4v) is 2.78. The van der Waals surface area contributed by atoms with Crippen LogP contribution in [-0.2, 0) is 28.5 Å². The molecule has 6 nitrogen and oxygen atoms in total. The van der Waals surface area contributed by atoms with Gasteiger partial charge in [-0.3, -0.25) is 14.4 Å². The minimum absolute atomic E-state index is 0.00561. The summed E-state index contributed by atoms with van der Waals surface area (Å²) in [5.74, 6) is 0.173. The van der Waals surface area contributed by atoms with Crippen LogP contribution in [0.5, 0.6) is 0 Å². The number of aromatic nitrogens is 2. The first kappa shape index (κ1) is 17.0. The molecule has 1 amide bonds. The zero-order chi connectivity index (χ0) is 16.3. The Morgan fingerprint density at radius 1 is 1.36 bits per heavy atom. The van der Waals surface area contributed by atoms with E-state index in [2.05, 4.69) is 37.0 Å². The molecular weight excluding hydrogens is 280 g/mol. The average Bonchev–Trinajstić information content (AvgIpc) is 2.80. The Balaban J connectivity index is 1.97. The third-order valence-corrected chi connectivity index (χ3v) is 3.82. The van der Waals surface area contributed by atoms with E-state index < -0.39 is 0 Å². The molecule has 0 bridgehead atoms. The molecule has 0 aliphatic carbocycles. The number of hydrogen-bond acceptors (Lipinski definition) is 4. The van der Waals surface area contributed by atoms with E-state index in [1.165, 1.54) is 5.56 Å². The highest BCUT2D eigenvalue weighted by Crippen LogP contribution is 2.24. The SMILES string of the molecule is CN(CC(=O)N1CCOCC1)Cc1cn(C)nc1C(C)(C)C. The van der Waals surface area contributed by atoms with E-state index >= 15 is 0 Å². The van der Waals surface area contributed by atoms with E-state index in [4.69, 9.17) is 4.74 Å². The van der Waals surface area contributed by atoms with Gasteiger partial charge in [-0.25, -0.2) is 0 Å². The van der Waals surface area contributed by atoms with Crippen LogP contribution in [0.25, 0.3) is 0 Å². The van der Waals surface area contributed by atoms with Crippen LogP contribution in [0.4, 0.5) is 0 Å². The Morgan fingerprint density at radius 2 is 2.00 bits per heavy atom. The van der Waals surface area contributed by atoms with Crippen molar-refractivity contribution in [3.63, 3.8) is 0 Å². The van der Waals surface area contributed by atoms with Gasteiger partial charge in [0.25, 0.3) is 0 Å². The first-order valence-electron chi connectivity index (χ1n) is 7.84. The molecule has 1 saturated heterocycles. The van der Waals surface area contributed by atoms with Crippen molar-refractivity contribution in [1.82, 2.24) is 19.6 Å². The van der Waals surface area contributed by atoms with Gasteiger partial charge in [-0.05, 0) is 7.05 Å². The largest absolute Gasteiger partial charge is 0.378 e. The molecule has 0 radical (unpaired) electrons. The number of carbonyl (C=O) groups is 1. The van der Waals surface area contributed by atoms with Crippen LogP contribution in [0.2, 0.25) is 0 Å². The molecule has 1 aliphatic rings. The number of amides is 1. The molecule has 1 aromatic heterocycles. The summed E-state index contributed by atoms with van der Waals surface area (Å²) in [4.78, 5) is 16.2. The Morgan fingerprint density at radius 3 is 2.59 bits per heavy atom. The third-order valence-electron chi connectivity index (χ3n) is 3.82. The van der Waals surface area contributed by atoms with E-state index in [9.17, 15) is 4.79 Å². The van der Waals surface area contributed by atoms with Crippen LogP contribution >= 0.6 is 0 Å². The molecule has 1 aromatic rings. The van der Waals surface area contributed by atoms with Gasteiger partial charge in [0.1, 0.15) is 0 Å². The molecule has 1 aliphatic heterocycles. The first-order chi connectivity index (χ1) is 10.3. The molecule has 6 heteroatoms. The summed E-state index contributed by atoms with van der Waals surface area (Å²) < 4.78 is 7.14. The van der Waals surface area contributed by atoms with Crippen molar-refractivity contribution in [2.24, 2.45) is 7.05 Å². The lowest BCUT2D eigenvalue weighted by Crippen LogP contribution is -2.45. The minimum atomic E-state index is 0.00561. The van der Waals surface area contributed by atoms with Crippen molar-refractivity contribution < 1.29 is 9.53 Å². The summed E-state index contributed by atoms with van der Waals surface area (Å²) in [6, 6.07) is 0. The minimum Gasteiger partial charge on any atom is -0.378 e. The van der Waals surface area contributed by atoms with Crippen molar-refractivity contribution in [2.75, 3.05) is 39.9 Å². The van der Waals surface area contributed by atoms with Crippen LogP contribution in [-0.4, -0.2) is 65.4 Å². The fourth-order valence-electron chi connectivity index (χ4n) is 2.78. The van der Waals surface area contributed by atoms with Crippen LogP contribution in [0.3, 0.4) is 0 Å². The summed E-state index contributed by atoms with van der Waals surface area (Å²) in [5, 5.41) is 4.58. The first-order valence-corrected chi connectivity index (χ1v) is 7.84. The molecule has 0 atom stereocenters. The summed E-state index contributed by atoms with van der Waals surface area (Å²) in [6.45, 7) is 10.3. The highest BCUT2D eigenvalue weighted by atomic mass is 16.5. The van der Waals surface area contributed by atoms with Crippen molar-refractivity contribution in [3.8, 4) is 0 Å². The third kappa shape index (κ3) is 4.30. The Bertz CT molecular complexity index is 513. The lowest BCUT2D eigenvalue weighted by atomic mass is 9.89. The lowest BCUT2D eigenvalue weighted by Gasteiger charge is -2.29. The molecule has 0 unspecified atom stereocenters.